The quantitative estimate of drug-likeness (QED) is 0.803. The summed E-state index contributed by atoms with van der Waals surface area (Å²) in [6.45, 7) is 2.49. The number of hydrogen-bond donors (Lipinski definition) is 1. The zero-order chi connectivity index (χ0) is 15.6. The average Bonchev–Trinajstić information content (AvgIpc) is 3.21. The lowest BCUT2D eigenvalue weighted by atomic mass is 10.2. The highest BCUT2D eigenvalue weighted by Gasteiger charge is 2.17. The van der Waals surface area contributed by atoms with Crippen molar-refractivity contribution < 1.29 is 4.79 Å². The van der Waals surface area contributed by atoms with E-state index in [9.17, 15) is 4.79 Å². The van der Waals surface area contributed by atoms with E-state index in [1.165, 1.54) is 11.3 Å². The molecule has 0 bridgehead atoms. The largest absolute Gasteiger partial charge is 0.369 e. The van der Waals surface area contributed by atoms with Gasteiger partial charge in [-0.25, -0.2) is 4.52 Å². The summed E-state index contributed by atoms with van der Waals surface area (Å²) in [5.41, 5.74) is 4.28. The number of carbonyl (C=O) groups excluding carboxylic acids is 1. The molecule has 116 valence electrons. The second kappa shape index (κ2) is 5.76. The van der Waals surface area contributed by atoms with Gasteiger partial charge in [-0.1, -0.05) is 18.2 Å². The lowest BCUT2D eigenvalue weighted by Crippen LogP contribution is -2.34. The lowest BCUT2D eigenvalue weighted by molar-refractivity contribution is 0.0954. The minimum atomic E-state index is -0.0406. The van der Waals surface area contributed by atoms with Crippen LogP contribution < -0.4 is 10.2 Å². The smallest absolute Gasteiger partial charge is 0.251 e. The number of amides is 1. The molecule has 4 rings (SSSR count). The summed E-state index contributed by atoms with van der Waals surface area (Å²) < 4.78 is 1.75. The fourth-order valence-electron chi connectivity index (χ4n) is 3.11. The lowest BCUT2D eigenvalue weighted by Gasteiger charge is -2.19. The van der Waals surface area contributed by atoms with E-state index in [2.05, 4.69) is 39.6 Å². The SMILES string of the molecule is O=C(NCCN1CCc2ccccc21)c1ccn2nccc2c1. The van der Waals surface area contributed by atoms with Crippen LogP contribution in [-0.4, -0.2) is 35.2 Å². The van der Waals surface area contributed by atoms with Gasteiger partial charge in [0.2, 0.25) is 0 Å². The van der Waals surface area contributed by atoms with E-state index in [0.717, 1.165) is 25.0 Å². The van der Waals surface area contributed by atoms with Crippen molar-refractivity contribution in [3.63, 3.8) is 0 Å². The molecule has 0 atom stereocenters. The van der Waals surface area contributed by atoms with Crippen molar-refractivity contribution in [2.45, 2.75) is 6.42 Å². The third-order valence-electron chi connectivity index (χ3n) is 4.31. The Morgan fingerprint density at radius 2 is 2.13 bits per heavy atom. The number of nitrogens with zero attached hydrogens (tertiary/aromatic N) is 3. The summed E-state index contributed by atoms with van der Waals surface area (Å²) in [4.78, 5) is 14.6. The van der Waals surface area contributed by atoms with E-state index in [0.29, 0.717) is 12.1 Å². The van der Waals surface area contributed by atoms with Gasteiger partial charge in [0.05, 0.1) is 5.52 Å². The van der Waals surface area contributed by atoms with Gasteiger partial charge in [-0.2, -0.15) is 5.10 Å². The Hall–Kier alpha value is -2.82. The molecule has 0 radical (unpaired) electrons. The Balaban J connectivity index is 1.37. The molecule has 0 aliphatic carbocycles. The number of fused-ring (bicyclic) bond motifs is 2. The van der Waals surface area contributed by atoms with Crippen molar-refractivity contribution in [3.8, 4) is 0 Å². The molecule has 1 amide bonds. The molecule has 23 heavy (non-hydrogen) atoms. The molecule has 0 spiro atoms. The second-order valence-electron chi connectivity index (χ2n) is 5.74. The molecular formula is C18H18N4O. The first-order chi connectivity index (χ1) is 11.3. The molecule has 0 fully saturated rings. The monoisotopic (exact) mass is 306 g/mol. The fraction of sp³-hybridized carbons (Fsp3) is 0.222. The van der Waals surface area contributed by atoms with Crippen molar-refractivity contribution in [2.24, 2.45) is 0 Å². The van der Waals surface area contributed by atoms with E-state index >= 15 is 0 Å². The number of rotatable bonds is 4. The third-order valence-corrected chi connectivity index (χ3v) is 4.31. The molecule has 1 aliphatic rings. The maximum Gasteiger partial charge on any atom is 0.251 e. The summed E-state index contributed by atoms with van der Waals surface area (Å²) in [6, 6.07) is 14.0. The topological polar surface area (TPSA) is 49.6 Å². The zero-order valence-electron chi connectivity index (χ0n) is 12.8. The molecule has 5 nitrogen and oxygen atoms in total. The molecule has 3 heterocycles. The van der Waals surface area contributed by atoms with Crippen LogP contribution in [0.4, 0.5) is 5.69 Å². The Morgan fingerprint density at radius 3 is 3.09 bits per heavy atom. The average molecular weight is 306 g/mol. The van der Waals surface area contributed by atoms with Gasteiger partial charge in [-0.3, -0.25) is 4.79 Å². The number of benzene rings is 1. The van der Waals surface area contributed by atoms with Crippen molar-refractivity contribution in [3.05, 3.63) is 66.0 Å². The normalized spacial score (nSPS) is 13.3. The maximum atomic E-state index is 12.3. The summed E-state index contributed by atoms with van der Waals surface area (Å²) in [7, 11) is 0. The van der Waals surface area contributed by atoms with Crippen LogP contribution in [0.1, 0.15) is 15.9 Å². The Labute approximate surface area is 134 Å². The molecule has 2 aromatic heterocycles. The summed E-state index contributed by atoms with van der Waals surface area (Å²) in [6.07, 6.45) is 4.62. The highest BCUT2D eigenvalue weighted by atomic mass is 16.1. The van der Waals surface area contributed by atoms with Crippen LogP contribution in [0.25, 0.3) is 5.52 Å². The maximum absolute atomic E-state index is 12.3. The minimum absolute atomic E-state index is 0.0406. The first-order valence-electron chi connectivity index (χ1n) is 7.86. The molecule has 5 heteroatoms. The fourth-order valence-corrected chi connectivity index (χ4v) is 3.11. The first-order valence-corrected chi connectivity index (χ1v) is 7.86. The number of hydrogen-bond acceptors (Lipinski definition) is 3. The van der Waals surface area contributed by atoms with Crippen LogP contribution in [0.2, 0.25) is 0 Å². The van der Waals surface area contributed by atoms with E-state index < -0.39 is 0 Å². The van der Waals surface area contributed by atoms with E-state index in [-0.39, 0.29) is 5.91 Å². The number of pyridine rings is 1. The van der Waals surface area contributed by atoms with Crippen LogP contribution in [0, 0.1) is 0 Å². The van der Waals surface area contributed by atoms with Gasteiger partial charge >= 0.3 is 0 Å². The third kappa shape index (κ3) is 2.65. The molecule has 0 saturated heterocycles. The van der Waals surface area contributed by atoms with Crippen LogP contribution >= 0.6 is 0 Å². The van der Waals surface area contributed by atoms with Crippen molar-refractivity contribution >= 4 is 17.1 Å². The van der Waals surface area contributed by atoms with E-state index in [1.807, 2.05) is 12.1 Å². The second-order valence-corrected chi connectivity index (χ2v) is 5.74. The highest BCUT2D eigenvalue weighted by molar-refractivity contribution is 5.95. The molecule has 1 aromatic carbocycles. The summed E-state index contributed by atoms with van der Waals surface area (Å²) >= 11 is 0. The van der Waals surface area contributed by atoms with Crippen molar-refractivity contribution in [1.82, 2.24) is 14.9 Å². The highest BCUT2D eigenvalue weighted by Crippen LogP contribution is 2.26. The predicted molar refractivity (Wildman–Crippen MR) is 89.9 cm³/mol. The Morgan fingerprint density at radius 1 is 1.22 bits per heavy atom. The molecular weight excluding hydrogens is 288 g/mol. The van der Waals surface area contributed by atoms with Gasteiger partial charge in [-0.05, 0) is 36.2 Å². The summed E-state index contributed by atoms with van der Waals surface area (Å²) in [5.74, 6) is -0.0406. The predicted octanol–water partition coefficient (Wildman–Crippen LogP) is 2.13. The van der Waals surface area contributed by atoms with Gasteiger partial charge in [0.25, 0.3) is 5.91 Å². The van der Waals surface area contributed by atoms with Crippen LogP contribution in [0.5, 0.6) is 0 Å². The molecule has 0 unspecified atom stereocenters. The standard InChI is InChI=1S/C18H18N4O/c23-18(15-7-11-22-16(13-15)5-8-20-22)19-9-12-21-10-6-14-3-1-2-4-17(14)21/h1-5,7-8,11,13H,6,9-10,12H2,(H,19,23). The van der Waals surface area contributed by atoms with Crippen LogP contribution in [0.3, 0.4) is 0 Å². The Kier molecular flexibility index (Phi) is 3.46. The first kappa shape index (κ1) is 13.8. The summed E-state index contributed by atoms with van der Waals surface area (Å²) in [5, 5.41) is 7.14. The number of anilines is 1. The van der Waals surface area contributed by atoms with Gasteiger partial charge in [0, 0.05) is 43.3 Å². The molecule has 3 aromatic rings. The van der Waals surface area contributed by atoms with E-state index in [4.69, 9.17) is 0 Å². The number of aromatic nitrogens is 2. The van der Waals surface area contributed by atoms with Crippen molar-refractivity contribution in [2.75, 3.05) is 24.5 Å². The Bertz CT molecular complexity index is 855. The number of nitrogens with one attached hydrogen (secondary N) is 1. The van der Waals surface area contributed by atoms with E-state index in [1.54, 1.807) is 23.0 Å². The van der Waals surface area contributed by atoms with Gasteiger partial charge in [-0.15, -0.1) is 0 Å². The van der Waals surface area contributed by atoms with Crippen LogP contribution in [0.15, 0.2) is 54.9 Å². The number of carbonyl (C=O) groups is 1. The van der Waals surface area contributed by atoms with Gasteiger partial charge in [0.15, 0.2) is 0 Å². The zero-order valence-corrected chi connectivity index (χ0v) is 12.8. The van der Waals surface area contributed by atoms with Crippen molar-refractivity contribution in [1.29, 1.82) is 0 Å². The molecule has 1 aliphatic heterocycles. The van der Waals surface area contributed by atoms with Gasteiger partial charge in [0.1, 0.15) is 0 Å². The minimum Gasteiger partial charge on any atom is -0.369 e. The number of para-hydroxylation sites is 1. The van der Waals surface area contributed by atoms with Gasteiger partial charge < -0.3 is 10.2 Å². The molecule has 1 N–H and O–H groups in total. The van der Waals surface area contributed by atoms with Crippen LogP contribution in [-0.2, 0) is 6.42 Å². The molecule has 0 saturated carbocycles.